The Hall–Kier alpha value is -2.89. The number of hydrogen-bond acceptors (Lipinski definition) is 8. The van der Waals surface area contributed by atoms with E-state index in [1.165, 1.54) is 12.8 Å². The first-order chi connectivity index (χ1) is 16.6. The van der Waals surface area contributed by atoms with Crippen molar-refractivity contribution >= 4 is 11.8 Å². The van der Waals surface area contributed by atoms with Crippen molar-refractivity contribution in [1.29, 1.82) is 5.26 Å². The molecule has 1 aromatic carbocycles. The van der Waals surface area contributed by atoms with Crippen LogP contribution in [0, 0.1) is 17.2 Å². The van der Waals surface area contributed by atoms with Crippen molar-refractivity contribution in [3.05, 3.63) is 41.6 Å². The topological polar surface area (TPSA) is 115 Å². The monoisotopic (exact) mass is 464 g/mol. The molecule has 8 nitrogen and oxygen atoms in total. The zero-order valence-corrected chi connectivity index (χ0v) is 20.0. The van der Waals surface area contributed by atoms with Gasteiger partial charge in [-0.3, -0.25) is 0 Å². The number of methoxy groups -OCH3 is 1. The van der Waals surface area contributed by atoms with Crippen LogP contribution in [0.3, 0.4) is 0 Å². The number of nitrogens with one attached hydrogen (secondary N) is 3. The van der Waals surface area contributed by atoms with Gasteiger partial charge in [-0.15, -0.1) is 0 Å². The molecule has 1 aromatic heterocycles. The van der Waals surface area contributed by atoms with Gasteiger partial charge in [-0.05, 0) is 63.4 Å². The van der Waals surface area contributed by atoms with E-state index in [-0.39, 0.29) is 6.10 Å². The smallest absolute Gasteiger partial charge is 0.224 e. The Kier molecular flexibility index (Phi) is 8.56. The van der Waals surface area contributed by atoms with Crippen molar-refractivity contribution in [3.63, 3.8) is 0 Å². The molecular formula is C26H36N6O2. The van der Waals surface area contributed by atoms with Crippen molar-refractivity contribution < 1.29 is 9.84 Å². The largest absolute Gasteiger partial charge is 0.496 e. The molecule has 8 heteroatoms. The Balaban J connectivity index is 1.26. The molecule has 0 saturated heterocycles. The third-order valence-corrected chi connectivity index (χ3v) is 7.11. The number of aromatic nitrogens is 2. The fourth-order valence-electron chi connectivity index (χ4n) is 5.06. The highest BCUT2D eigenvalue weighted by Gasteiger charge is 2.26. The first-order valence-electron chi connectivity index (χ1n) is 12.5. The number of anilines is 2. The lowest BCUT2D eigenvalue weighted by Gasteiger charge is -2.34. The number of benzene rings is 1. The summed E-state index contributed by atoms with van der Waals surface area (Å²) in [5, 5.41) is 29.7. The van der Waals surface area contributed by atoms with Crippen LogP contribution in [0.25, 0.3) is 0 Å². The van der Waals surface area contributed by atoms with Crippen LogP contribution in [0.15, 0.2) is 30.5 Å². The number of nitriles is 1. The molecule has 2 saturated carbocycles. The minimum atomic E-state index is -0.100. The molecule has 4 rings (SSSR count). The van der Waals surface area contributed by atoms with Crippen LogP contribution >= 0.6 is 0 Å². The third kappa shape index (κ3) is 6.58. The summed E-state index contributed by atoms with van der Waals surface area (Å²) in [6.07, 6.45) is 10.1. The predicted octanol–water partition coefficient (Wildman–Crippen LogP) is 3.83. The molecule has 0 amide bonds. The number of aliphatic hydroxyl groups is 1. The average Bonchev–Trinajstić information content (AvgIpc) is 2.88. The number of ether oxygens (including phenoxy) is 1. The van der Waals surface area contributed by atoms with E-state index in [4.69, 9.17) is 4.74 Å². The number of para-hydroxylation sites is 1. The predicted molar refractivity (Wildman–Crippen MR) is 133 cm³/mol. The van der Waals surface area contributed by atoms with Crippen LogP contribution in [0.2, 0.25) is 0 Å². The minimum absolute atomic E-state index is 0.100. The van der Waals surface area contributed by atoms with Crippen LogP contribution in [0.4, 0.5) is 11.8 Å². The summed E-state index contributed by atoms with van der Waals surface area (Å²) in [6.45, 7) is 1.34. The van der Waals surface area contributed by atoms with Gasteiger partial charge in [0.2, 0.25) is 5.95 Å². The van der Waals surface area contributed by atoms with Crippen LogP contribution < -0.4 is 20.7 Å². The summed E-state index contributed by atoms with van der Waals surface area (Å²) in [5.41, 5.74) is 1.47. The van der Waals surface area contributed by atoms with Crippen molar-refractivity contribution in [2.24, 2.45) is 5.92 Å². The van der Waals surface area contributed by atoms with Crippen LogP contribution in [-0.4, -0.2) is 46.9 Å². The molecule has 0 unspecified atom stereocenters. The zero-order chi connectivity index (χ0) is 23.8. The van der Waals surface area contributed by atoms with Crippen LogP contribution in [-0.2, 0) is 6.54 Å². The lowest BCUT2D eigenvalue weighted by atomic mass is 9.84. The molecule has 2 aliphatic carbocycles. The van der Waals surface area contributed by atoms with E-state index < -0.39 is 0 Å². The molecule has 2 aromatic rings. The maximum Gasteiger partial charge on any atom is 0.224 e. The van der Waals surface area contributed by atoms with Crippen LogP contribution in [0.5, 0.6) is 5.75 Å². The summed E-state index contributed by atoms with van der Waals surface area (Å²) in [5.74, 6) is 2.45. The van der Waals surface area contributed by atoms with Crippen molar-refractivity contribution in [2.45, 2.75) is 76.1 Å². The number of nitrogens with zero attached hydrogens (tertiary/aromatic N) is 3. The summed E-state index contributed by atoms with van der Waals surface area (Å²) in [4.78, 5) is 8.86. The van der Waals surface area contributed by atoms with Crippen molar-refractivity contribution in [3.8, 4) is 11.8 Å². The van der Waals surface area contributed by atoms with Crippen molar-refractivity contribution in [2.75, 3.05) is 24.3 Å². The molecule has 182 valence electrons. The Morgan fingerprint density at radius 1 is 1.03 bits per heavy atom. The Morgan fingerprint density at radius 3 is 2.44 bits per heavy atom. The standard InChI is InChI=1S/C26H36N6O2/c1-34-24-5-3-2-4-19(24)16-29-26-30-17-20(14-27)25(32-26)28-15-18-6-8-21(9-7-18)31-22-10-12-23(33)13-11-22/h2-5,17-18,21-23,31,33H,6-13,15-16H2,1H3,(H2,28,29,30,32). The summed E-state index contributed by atoms with van der Waals surface area (Å²) in [7, 11) is 1.66. The van der Waals surface area contributed by atoms with E-state index in [2.05, 4.69) is 32.0 Å². The summed E-state index contributed by atoms with van der Waals surface area (Å²) in [6, 6.07) is 11.2. The van der Waals surface area contributed by atoms with E-state index in [0.29, 0.717) is 41.9 Å². The second-order valence-electron chi connectivity index (χ2n) is 9.50. The van der Waals surface area contributed by atoms with Gasteiger partial charge in [0.1, 0.15) is 23.2 Å². The average molecular weight is 465 g/mol. The second kappa shape index (κ2) is 12.0. The quantitative estimate of drug-likeness (QED) is 0.443. The summed E-state index contributed by atoms with van der Waals surface area (Å²) < 4.78 is 5.40. The van der Waals surface area contributed by atoms with Gasteiger partial charge in [-0.25, -0.2) is 4.98 Å². The van der Waals surface area contributed by atoms with Gasteiger partial charge in [0.15, 0.2) is 0 Å². The van der Waals surface area contributed by atoms with Gasteiger partial charge in [-0.1, -0.05) is 18.2 Å². The molecule has 0 radical (unpaired) electrons. The van der Waals surface area contributed by atoms with Gasteiger partial charge in [-0.2, -0.15) is 10.2 Å². The van der Waals surface area contributed by atoms with Gasteiger partial charge in [0.25, 0.3) is 0 Å². The molecule has 0 aliphatic heterocycles. The molecule has 0 bridgehead atoms. The first-order valence-corrected chi connectivity index (χ1v) is 12.5. The van der Waals surface area contributed by atoms with Crippen LogP contribution in [0.1, 0.15) is 62.5 Å². The molecule has 0 spiro atoms. The molecule has 1 heterocycles. The third-order valence-electron chi connectivity index (χ3n) is 7.11. The van der Waals surface area contributed by atoms with Gasteiger partial charge in [0.05, 0.1) is 19.4 Å². The van der Waals surface area contributed by atoms with E-state index in [1.807, 2.05) is 24.3 Å². The lowest BCUT2D eigenvalue weighted by molar-refractivity contribution is 0.111. The van der Waals surface area contributed by atoms with Gasteiger partial charge >= 0.3 is 0 Å². The first kappa shape index (κ1) is 24.2. The highest BCUT2D eigenvalue weighted by atomic mass is 16.5. The lowest BCUT2D eigenvalue weighted by Crippen LogP contribution is -2.43. The number of rotatable bonds is 9. The molecule has 4 N–H and O–H groups in total. The SMILES string of the molecule is COc1ccccc1CNc1ncc(C#N)c(NCC2CCC(NC3CCC(O)CC3)CC2)n1. The number of aliphatic hydroxyl groups excluding tert-OH is 1. The molecular weight excluding hydrogens is 428 g/mol. The Bertz CT molecular complexity index is 962. The maximum atomic E-state index is 9.71. The van der Waals surface area contributed by atoms with E-state index in [1.54, 1.807) is 13.3 Å². The molecule has 2 fully saturated rings. The number of hydrogen-bond donors (Lipinski definition) is 4. The molecule has 2 aliphatic rings. The highest BCUT2D eigenvalue weighted by molar-refractivity contribution is 5.53. The van der Waals surface area contributed by atoms with E-state index in [9.17, 15) is 10.4 Å². The normalized spacial score (nSPS) is 24.7. The minimum Gasteiger partial charge on any atom is -0.496 e. The molecule has 0 atom stereocenters. The maximum absolute atomic E-state index is 9.71. The fourth-order valence-corrected chi connectivity index (χ4v) is 5.06. The Morgan fingerprint density at radius 2 is 1.74 bits per heavy atom. The fraction of sp³-hybridized carbons (Fsp3) is 0.577. The van der Waals surface area contributed by atoms with Gasteiger partial charge in [0, 0.05) is 30.7 Å². The highest BCUT2D eigenvalue weighted by Crippen LogP contribution is 2.27. The van der Waals surface area contributed by atoms with E-state index in [0.717, 1.165) is 56.4 Å². The second-order valence-corrected chi connectivity index (χ2v) is 9.50. The Labute approximate surface area is 202 Å². The zero-order valence-electron chi connectivity index (χ0n) is 20.0. The van der Waals surface area contributed by atoms with Crippen molar-refractivity contribution in [1.82, 2.24) is 15.3 Å². The molecule has 34 heavy (non-hydrogen) atoms. The van der Waals surface area contributed by atoms with Gasteiger partial charge < -0.3 is 25.8 Å². The summed E-state index contributed by atoms with van der Waals surface area (Å²) >= 11 is 0. The van der Waals surface area contributed by atoms with E-state index >= 15 is 0 Å².